The van der Waals surface area contributed by atoms with Gasteiger partial charge in [0.05, 0.1) is 10.7 Å². The average Bonchev–Trinajstić information content (AvgIpc) is 2.22. The number of carboxylic acid groups (broad SMARTS) is 1. The fourth-order valence-electron chi connectivity index (χ4n) is 1.25. The van der Waals surface area contributed by atoms with Crippen LogP contribution in [0.15, 0.2) is 24.3 Å². The number of carbonyl (C=O) groups is 2. The second kappa shape index (κ2) is 5.51. The fraction of sp³-hybridized carbons (Fsp3) is 0.273. The number of amides is 1. The zero-order valence-corrected chi connectivity index (χ0v) is 9.49. The quantitative estimate of drug-likeness (QED) is 0.796. The molecule has 0 heterocycles. The maximum absolute atomic E-state index is 11.6. The zero-order chi connectivity index (χ0) is 12.1. The Balaban J connectivity index is 2.78. The van der Waals surface area contributed by atoms with E-state index in [1.54, 1.807) is 31.2 Å². The van der Waals surface area contributed by atoms with Gasteiger partial charge >= 0.3 is 5.97 Å². The molecule has 1 aromatic rings. The highest BCUT2D eigenvalue weighted by molar-refractivity contribution is 6.33. The number of carbonyl (C=O) groups excluding carboxylic acids is 1. The minimum Gasteiger partial charge on any atom is -0.481 e. The number of hydrogen-bond donors (Lipinski definition) is 2. The van der Waals surface area contributed by atoms with Gasteiger partial charge in [0.15, 0.2) is 0 Å². The molecule has 86 valence electrons. The molecule has 5 heteroatoms. The van der Waals surface area contributed by atoms with Crippen molar-refractivity contribution in [2.45, 2.75) is 13.3 Å². The van der Waals surface area contributed by atoms with Crippen LogP contribution in [-0.4, -0.2) is 17.0 Å². The molecule has 0 aliphatic heterocycles. The molecule has 1 rings (SSSR count). The molecule has 0 aliphatic rings. The normalized spacial score (nSPS) is 11.9. The van der Waals surface area contributed by atoms with E-state index in [1.807, 2.05) is 0 Å². The maximum atomic E-state index is 11.6. The van der Waals surface area contributed by atoms with Gasteiger partial charge in [-0.15, -0.1) is 0 Å². The Kier molecular flexibility index (Phi) is 4.31. The van der Waals surface area contributed by atoms with Crippen LogP contribution >= 0.6 is 11.6 Å². The van der Waals surface area contributed by atoms with Crippen LogP contribution in [-0.2, 0) is 9.59 Å². The van der Waals surface area contributed by atoms with Crippen LogP contribution in [0.25, 0.3) is 0 Å². The lowest BCUT2D eigenvalue weighted by atomic mass is 10.1. The molecular formula is C11H12ClNO3. The number of anilines is 1. The predicted octanol–water partition coefficient (Wildman–Crippen LogP) is 2.39. The number of para-hydroxylation sites is 1. The van der Waals surface area contributed by atoms with Gasteiger partial charge in [0, 0.05) is 0 Å². The van der Waals surface area contributed by atoms with Crippen molar-refractivity contribution in [3.8, 4) is 0 Å². The highest BCUT2D eigenvalue weighted by atomic mass is 35.5. The smallest absolute Gasteiger partial charge is 0.316 e. The first kappa shape index (κ1) is 12.5. The summed E-state index contributed by atoms with van der Waals surface area (Å²) in [4.78, 5) is 22.3. The molecule has 1 amide bonds. The Morgan fingerprint density at radius 1 is 1.44 bits per heavy atom. The summed E-state index contributed by atoms with van der Waals surface area (Å²) in [6.07, 6.45) is 0.242. The van der Waals surface area contributed by atoms with Crippen molar-refractivity contribution in [1.29, 1.82) is 0 Å². The van der Waals surface area contributed by atoms with Crippen molar-refractivity contribution in [1.82, 2.24) is 0 Å². The van der Waals surface area contributed by atoms with Gasteiger partial charge in [-0.25, -0.2) is 0 Å². The third-order valence-electron chi connectivity index (χ3n) is 2.15. The summed E-state index contributed by atoms with van der Waals surface area (Å²) in [6.45, 7) is 1.64. The van der Waals surface area contributed by atoms with Gasteiger partial charge in [0.25, 0.3) is 0 Å². The number of aliphatic carboxylic acids is 1. The van der Waals surface area contributed by atoms with Gasteiger partial charge in [-0.1, -0.05) is 30.7 Å². The second-order valence-corrected chi connectivity index (χ2v) is 3.68. The molecule has 1 unspecified atom stereocenters. The molecule has 0 aliphatic carbocycles. The molecule has 1 aromatic carbocycles. The Hall–Kier alpha value is -1.55. The molecule has 0 spiro atoms. The molecule has 16 heavy (non-hydrogen) atoms. The summed E-state index contributed by atoms with van der Waals surface area (Å²) in [7, 11) is 0. The lowest BCUT2D eigenvalue weighted by Gasteiger charge is -2.11. The van der Waals surface area contributed by atoms with Crippen molar-refractivity contribution in [2.75, 3.05) is 5.32 Å². The molecule has 2 N–H and O–H groups in total. The maximum Gasteiger partial charge on any atom is 0.316 e. The average molecular weight is 242 g/mol. The van der Waals surface area contributed by atoms with Gasteiger partial charge in [0.2, 0.25) is 5.91 Å². The van der Waals surface area contributed by atoms with Crippen molar-refractivity contribution in [3.63, 3.8) is 0 Å². The number of halogens is 1. The van der Waals surface area contributed by atoms with Gasteiger partial charge in [-0.3, -0.25) is 9.59 Å². The Labute approximate surface area is 98.2 Å². The topological polar surface area (TPSA) is 66.4 Å². The SMILES string of the molecule is CCC(C(=O)O)C(=O)Nc1ccccc1Cl. The number of carboxylic acids is 1. The van der Waals surface area contributed by atoms with Gasteiger partial charge in [-0.2, -0.15) is 0 Å². The largest absolute Gasteiger partial charge is 0.481 e. The third-order valence-corrected chi connectivity index (χ3v) is 2.48. The second-order valence-electron chi connectivity index (χ2n) is 3.27. The van der Waals surface area contributed by atoms with Crippen LogP contribution in [0, 0.1) is 5.92 Å². The van der Waals surface area contributed by atoms with E-state index in [-0.39, 0.29) is 6.42 Å². The summed E-state index contributed by atoms with van der Waals surface area (Å²) >= 11 is 5.83. The van der Waals surface area contributed by atoms with E-state index in [2.05, 4.69) is 5.32 Å². The number of nitrogens with one attached hydrogen (secondary N) is 1. The Bertz CT molecular complexity index is 406. The molecule has 0 aromatic heterocycles. The van der Waals surface area contributed by atoms with Crippen LogP contribution in [0.3, 0.4) is 0 Å². The zero-order valence-electron chi connectivity index (χ0n) is 8.74. The van der Waals surface area contributed by atoms with E-state index < -0.39 is 17.8 Å². The monoisotopic (exact) mass is 241 g/mol. The molecule has 0 bridgehead atoms. The lowest BCUT2D eigenvalue weighted by molar-refractivity contribution is -0.145. The summed E-state index contributed by atoms with van der Waals surface area (Å²) < 4.78 is 0. The summed E-state index contributed by atoms with van der Waals surface area (Å²) in [5.41, 5.74) is 0.425. The molecule has 4 nitrogen and oxygen atoms in total. The van der Waals surface area contributed by atoms with Gasteiger partial charge in [-0.05, 0) is 18.6 Å². The van der Waals surface area contributed by atoms with E-state index in [9.17, 15) is 9.59 Å². The summed E-state index contributed by atoms with van der Waals surface area (Å²) in [5, 5.41) is 11.7. The van der Waals surface area contributed by atoms with Crippen LogP contribution < -0.4 is 5.32 Å². The van der Waals surface area contributed by atoms with Crippen LogP contribution in [0.5, 0.6) is 0 Å². The molecule has 0 radical (unpaired) electrons. The van der Waals surface area contributed by atoms with E-state index >= 15 is 0 Å². The van der Waals surface area contributed by atoms with E-state index in [4.69, 9.17) is 16.7 Å². The minimum absolute atomic E-state index is 0.242. The first-order valence-corrected chi connectivity index (χ1v) is 5.22. The minimum atomic E-state index is -1.13. The number of benzene rings is 1. The standard InChI is InChI=1S/C11H12ClNO3/c1-2-7(11(15)16)10(14)13-9-6-4-3-5-8(9)12/h3-7H,2H2,1H3,(H,13,14)(H,15,16). The molecular weight excluding hydrogens is 230 g/mol. The van der Waals surface area contributed by atoms with Crippen molar-refractivity contribution in [2.24, 2.45) is 5.92 Å². The van der Waals surface area contributed by atoms with Crippen molar-refractivity contribution < 1.29 is 14.7 Å². The number of rotatable bonds is 4. The summed E-state index contributed by atoms with van der Waals surface area (Å²) in [6, 6.07) is 6.68. The lowest BCUT2D eigenvalue weighted by Crippen LogP contribution is -2.28. The van der Waals surface area contributed by atoms with E-state index in [0.717, 1.165) is 0 Å². The molecule has 0 saturated heterocycles. The molecule has 0 saturated carbocycles. The van der Waals surface area contributed by atoms with E-state index in [1.165, 1.54) is 0 Å². The highest BCUT2D eigenvalue weighted by Gasteiger charge is 2.24. The first-order valence-electron chi connectivity index (χ1n) is 4.84. The highest BCUT2D eigenvalue weighted by Crippen LogP contribution is 2.21. The molecule has 1 atom stereocenters. The van der Waals surface area contributed by atoms with Gasteiger partial charge in [0.1, 0.15) is 5.92 Å². The third kappa shape index (κ3) is 2.97. The van der Waals surface area contributed by atoms with Crippen LogP contribution in [0.4, 0.5) is 5.69 Å². The Morgan fingerprint density at radius 3 is 2.56 bits per heavy atom. The predicted molar refractivity (Wildman–Crippen MR) is 61.5 cm³/mol. The van der Waals surface area contributed by atoms with Crippen LogP contribution in [0.2, 0.25) is 5.02 Å². The van der Waals surface area contributed by atoms with Crippen molar-refractivity contribution in [3.05, 3.63) is 29.3 Å². The van der Waals surface area contributed by atoms with Crippen molar-refractivity contribution >= 4 is 29.2 Å². The number of hydrogen-bond acceptors (Lipinski definition) is 2. The molecule has 0 fully saturated rings. The van der Waals surface area contributed by atoms with E-state index in [0.29, 0.717) is 10.7 Å². The Morgan fingerprint density at radius 2 is 2.06 bits per heavy atom. The fourth-order valence-corrected chi connectivity index (χ4v) is 1.44. The van der Waals surface area contributed by atoms with Gasteiger partial charge < -0.3 is 10.4 Å². The first-order chi connectivity index (χ1) is 7.56. The van der Waals surface area contributed by atoms with Crippen LogP contribution in [0.1, 0.15) is 13.3 Å². The summed E-state index contributed by atoms with van der Waals surface area (Å²) in [5.74, 6) is -2.73.